The molecule has 4 heteroatoms. The summed E-state index contributed by atoms with van der Waals surface area (Å²) in [5.41, 5.74) is 1.25. The van der Waals surface area contributed by atoms with Crippen LogP contribution in [0.4, 0.5) is 0 Å². The Morgan fingerprint density at radius 3 is 2.65 bits per heavy atom. The molecule has 1 aromatic carbocycles. The summed E-state index contributed by atoms with van der Waals surface area (Å²) in [6.07, 6.45) is 3.21. The predicted octanol–water partition coefficient (Wildman–Crippen LogP) is 1.71. The van der Waals surface area contributed by atoms with Crippen LogP contribution >= 0.6 is 0 Å². The average molecular weight is 274 g/mol. The number of carboxylic acids is 1. The van der Waals surface area contributed by atoms with E-state index in [4.69, 9.17) is 0 Å². The van der Waals surface area contributed by atoms with Crippen molar-refractivity contribution in [1.29, 1.82) is 0 Å². The number of benzene rings is 1. The third kappa shape index (κ3) is 3.38. The maximum atomic E-state index is 11.3. The minimum absolute atomic E-state index is 0.224. The molecule has 2 unspecified atom stereocenters. The van der Waals surface area contributed by atoms with Crippen LogP contribution in [0.2, 0.25) is 0 Å². The van der Waals surface area contributed by atoms with Crippen molar-refractivity contribution in [3.8, 4) is 0 Å². The van der Waals surface area contributed by atoms with E-state index in [1.807, 2.05) is 18.2 Å². The van der Waals surface area contributed by atoms with Gasteiger partial charge in [0.25, 0.3) is 0 Å². The van der Waals surface area contributed by atoms with Gasteiger partial charge in [0.1, 0.15) is 0 Å². The number of aliphatic carboxylic acids is 1. The molecule has 1 aliphatic heterocycles. The first-order chi connectivity index (χ1) is 9.72. The topological polar surface area (TPSA) is 52.6 Å². The number of rotatable bonds is 5. The lowest BCUT2D eigenvalue weighted by Crippen LogP contribution is -2.51. The van der Waals surface area contributed by atoms with Crippen LogP contribution in [0.15, 0.2) is 30.3 Å². The average Bonchev–Trinajstić information content (AvgIpc) is 3.30. The highest BCUT2D eigenvalue weighted by Gasteiger charge is 2.38. The van der Waals surface area contributed by atoms with E-state index in [0.717, 1.165) is 26.1 Å². The van der Waals surface area contributed by atoms with Crippen molar-refractivity contribution >= 4 is 5.97 Å². The molecule has 2 N–H and O–H groups in total. The van der Waals surface area contributed by atoms with Gasteiger partial charge in [0.2, 0.25) is 0 Å². The van der Waals surface area contributed by atoms with Crippen molar-refractivity contribution in [3.63, 3.8) is 0 Å². The van der Waals surface area contributed by atoms with Gasteiger partial charge in [-0.25, -0.2) is 0 Å². The molecule has 1 aromatic rings. The predicted molar refractivity (Wildman–Crippen MR) is 77.4 cm³/mol. The molecule has 2 aliphatic rings. The first-order valence-corrected chi connectivity index (χ1v) is 7.46. The maximum absolute atomic E-state index is 11.3. The molecule has 0 spiro atoms. The van der Waals surface area contributed by atoms with E-state index in [1.165, 1.54) is 18.4 Å². The summed E-state index contributed by atoms with van der Waals surface area (Å²) in [5, 5.41) is 12.8. The fraction of sp³-hybridized carbons (Fsp3) is 0.562. The van der Waals surface area contributed by atoms with Crippen LogP contribution in [-0.4, -0.2) is 41.1 Å². The molecule has 0 bridgehead atoms. The lowest BCUT2D eigenvalue weighted by molar-refractivity contribution is -0.144. The van der Waals surface area contributed by atoms with Crippen molar-refractivity contribution in [3.05, 3.63) is 35.9 Å². The smallest absolute Gasteiger partial charge is 0.307 e. The van der Waals surface area contributed by atoms with Crippen molar-refractivity contribution < 1.29 is 9.90 Å². The third-order valence-electron chi connectivity index (χ3n) is 4.33. The largest absolute Gasteiger partial charge is 0.481 e. The number of carbonyl (C=O) groups is 1. The second-order valence-electron chi connectivity index (χ2n) is 6.02. The Kier molecular flexibility index (Phi) is 4.03. The number of likely N-dealkylation sites (tertiary alicyclic amines) is 1. The van der Waals surface area contributed by atoms with E-state index in [0.29, 0.717) is 6.04 Å². The summed E-state index contributed by atoms with van der Waals surface area (Å²) in [6, 6.07) is 11.2. The van der Waals surface area contributed by atoms with Crippen LogP contribution in [-0.2, 0) is 11.3 Å². The first-order valence-electron chi connectivity index (χ1n) is 7.46. The molecule has 108 valence electrons. The molecule has 0 amide bonds. The monoisotopic (exact) mass is 274 g/mol. The Morgan fingerprint density at radius 1 is 1.25 bits per heavy atom. The first kappa shape index (κ1) is 13.6. The molecular formula is C16H22N2O2. The van der Waals surface area contributed by atoms with Gasteiger partial charge >= 0.3 is 5.97 Å². The second kappa shape index (κ2) is 5.94. The number of nitrogens with zero attached hydrogens (tertiary/aromatic N) is 1. The molecular weight excluding hydrogens is 252 g/mol. The molecule has 1 saturated heterocycles. The van der Waals surface area contributed by atoms with Crippen LogP contribution in [0.25, 0.3) is 0 Å². The van der Waals surface area contributed by atoms with Gasteiger partial charge in [-0.2, -0.15) is 0 Å². The van der Waals surface area contributed by atoms with Crippen LogP contribution in [0, 0.1) is 5.92 Å². The number of hydrogen-bond donors (Lipinski definition) is 2. The summed E-state index contributed by atoms with van der Waals surface area (Å²) >= 11 is 0. The minimum atomic E-state index is -0.651. The SMILES string of the molecule is O=C(O)C1CC(NCc2ccccc2)CN(C2CC2)C1. The Bertz CT molecular complexity index is 459. The van der Waals surface area contributed by atoms with Crippen molar-refractivity contribution in [2.75, 3.05) is 13.1 Å². The molecule has 2 atom stereocenters. The van der Waals surface area contributed by atoms with E-state index in [-0.39, 0.29) is 12.0 Å². The van der Waals surface area contributed by atoms with Crippen molar-refractivity contribution in [2.24, 2.45) is 5.92 Å². The Balaban J connectivity index is 1.58. The molecule has 1 aliphatic carbocycles. The maximum Gasteiger partial charge on any atom is 0.307 e. The Morgan fingerprint density at radius 2 is 2.00 bits per heavy atom. The van der Waals surface area contributed by atoms with E-state index in [9.17, 15) is 9.90 Å². The zero-order chi connectivity index (χ0) is 13.9. The van der Waals surface area contributed by atoms with Crippen LogP contribution in [0.3, 0.4) is 0 Å². The highest BCUT2D eigenvalue weighted by molar-refractivity contribution is 5.70. The van der Waals surface area contributed by atoms with Gasteiger partial charge < -0.3 is 10.4 Å². The quantitative estimate of drug-likeness (QED) is 0.858. The van der Waals surface area contributed by atoms with Gasteiger partial charge in [-0.3, -0.25) is 9.69 Å². The van der Waals surface area contributed by atoms with Crippen molar-refractivity contribution in [2.45, 2.75) is 37.9 Å². The second-order valence-corrected chi connectivity index (χ2v) is 6.02. The zero-order valence-electron chi connectivity index (χ0n) is 11.7. The molecule has 2 fully saturated rings. The van der Waals surface area contributed by atoms with Gasteiger partial charge in [0, 0.05) is 31.7 Å². The molecule has 0 radical (unpaired) electrons. The number of hydrogen-bond acceptors (Lipinski definition) is 3. The molecule has 0 aromatic heterocycles. The Labute approximate surface area is 119 Å². The van der Waals surface area contributed by atoms with E-state index in [2.05, 4.69) is 22.3 Å². The summed E-state index contributed by atoms with van der Waals surface area (Å²) in [7, 11) is 0. The third-order valence-corrected chi connectivity index (χ3v) is 4.33. The van der Waals surface area contributed by atoms with Gasteiger partial charge in [0.05, 0.1) is 5.92 Å². The van der Waals surface area contributed by atoms with Crippen LogP contribution in [0.5, 0.6) is 0 Å². The van der Waals surface area contributed by atoms with E-state index < -0.39 is 5.97 Å². The fourth-order valence-corrected chi connectivity index (χ4v) is 3.06. The number of carboxylic acid groups (broad SMARTS) is 1. The normalized spacial score (nSPS) is 27.4. The molecule has 1 saturated carbocycles. The summed E-state index contributed by atoms with van der Waals surface area (Å²) in [5.74, 6) is -0.875. The zero-order valence-corrected chi connectivity index (χ0v) is 11.7. The lowest BCUT2D eigenvalue weighted by Gasteiger charge is -2.36. The highest BCUT2D eigenvalue weighted by atomic mass is 16.4. The van der Waals surface area contributed by atoms with Crippen LogP contribution < -0.4 is 5.32 Å². The summed E-state index contributed by atoms with van der Waals surface area (Å²) < 4.78 is 0. The lowest BCUT2D eigenvalue weighted by atomic mass is 9.94. The fourth-order valence-electron chi connectivity index (χ4n) is 3.06. The number of nitrogens with one attached hydrogen (secondary N) is 1. The minimum Gasteiger partial charge on any atom is -0.481 e. The van der Waals surface area contributed by atoms with E-state index >= 15 is 0 Å². The van der Waals surface area contributed by atoms with Gasteiger partial charge in [-0.05, 0) is 24.8 Å². The highest BCUT2D eigenvalue weighted by Crippen LogP contribution is 2.31. The molecule has 20 heavy (non-hydrogen) atoms. The molecule has 1 heterocycles. The van der Waals surface area contributed by atoms with Crippen LogP contribution in [0.1, 0.15) is 24.8 Å². The standard InChI is InChI=1S/C16H22N2O2/c19-16(20)13-8-14(11-18(10-13)15-6-7-15)17-9-12-4-2-1-3-5-12/h1-5,13-15,17H,6-11H2,(H,19,20). The number of piperidine rings is 1. The van der Waals surface area contributed by atoms with Gasteiger partial charge in [-0.15, -0.1) is 0 Å². The summed E-state index contributed by atoms with van der Waals surface area (Å²) in [6.45, 7) is 2.53. The summed E-state index contributed by atoms with van der Waals surface area (Å²) in [4.78, 5) is 13.7. The van der Waals surface area contributed by atoms with Gasteiger partial charge in [-0.1, -0.05) is 30.3 Å². The van der Waals surface area contributed by atoms with Crippen molar-refractivity contribution in [1.82, 2.24) is 10.2 Å². The Hall–Kier alpha value is -1.39. The molecule has 4 nitrogen and oxygen atoms in total. The van der Waals surface area contributed by atoms with Gasteiger partial charge in [0.15, 0.2) is 0 Å². The van der Waals surface area contributed by atoms with E-state index in [1.54, 1.807) is 0 Å². The molecule has 3 rings (SSSR count).